The molecule has 1 aliphatic heterocycles. The van der Waals surface area contributed by atoms with Crippen LogP contribution in [0.1, 0.15) is 29.3 Å². The zero-order chi connectivity index (χ0) is 22.8. The summed E-state index contributed by atoms with van der Waals surface area (Å²) in [7, 11) is -2.68. The van der Waals surface area contributed by atoms with Crippen molar-refractivity contribution in [2.24, 2.45) is 0 Å². The average Bonchev–Trinajstić information content (AvgIpc) is 2.95. The fraction of sp³-hybridized carbons (Fsp3) is 0.286. The lowest BCUT2D eigenvalue weighted by molar-refractivity contribution is -0.141. The van der Waals surface area contributed by atoms with Gasteiger partial charge in [-0.05, 0) is 36.2 Å². The van der Waals surface area contributed by atoms with Gasteiger partial charge < -0.3 is 10.2 Å². The number of carbonyl (C=O) groups is 3. The molecule has 0 unspecified atom stereocenters. The molecule has 0 bridgehead atoms. The minimum absolute atomic E-state index is 0.0258. The second kappa shape index (κ2) is 9.07. The highest BCUT2D eigenvalue weighted by atomic mass is 35.5. The van der Waals surface area contributed by atoms with Gasteiger partial charge in [0, 0.05) is 18.6 Å². The van der Waals surface area contributed by atoms with E-state index in [1.54, 1.807) is 37.3 Å². The third-order valence-corrected chi connectivity index (χ3v) is 7.13. The Kier molecular flexibility index (Phi) is 6.66. The van der Waals surface area contributed by atoms with Crippen molar-refractivity contribution in [1.82, 2.24) is 14.5 Å². The molecular formula is C21H22ClN3O5S. The molecule has 1 heterocycles. The van der Waals surface area contributed by atoms with Crippen molar-refractivity contribution in [3.05, 3.63) is 64.7 Å². The number of carbonyl (C=O) groups excluding carboxylic acids is 3. The summed E-state index contributed by atoms with van der Waals surface area (Å²) in [6.07, 6.45) is 0.305. The number of amides is 3. The monoisotopic (exact) mass is 463 g/mol. The van der Waals surface area contributed by atoms with Crippen LogP contribution < -0.4 is 5.32 Å². The van der Waals surface area contributed by atoms with Crippen LogP contribution in [0.2, 0.25) is 5.02 Å². The number of nitrogens with one attached hydrogen (secondary N) is 1. The van der Waals surface area contributed by atoms with Crippen LogP contribution in [-0.4, -0.2) is 55.0 Å². The van der Waals surface area contributed by atoms with Gasteiger partial charge >= 0.3 is 0 Å². The van der Waals surface area contributed by atoms with E-state index >= 15 is 0 Å². The molecule has 0 spiro atoms. The van der Waals surface area contributed by atoms with Crippen LogP contribution in [0, 0.1) is 0 Å². The highest BCUT2D eigenvalue weighted by Gasteiger charge is 2.43. The number of nitrogens with zero attached hydrogens (tertiary/aromatic N) is 2. The lowest BCUT2D eigenvalue weighted by atomic mass is 10.1. The largest absolute Gasteiger partial charge is 0.357 e. The van der Waals surface area contributed by atoms with Crippen LogP contribution in [0.15, 0.2) is 53.4 Å². The zero-order valence-electron chi connectivity index (χ0n) is 17.0. The predicted octanol–water partition coefficient (Wildman–Crippen LogP) is 2.04. The lowest BCUT2D eigenvalue weighted by Crippen LogP contribution is -2.51. The molecule has 0 radical (unpaired) electrons. The van der Waals surface area contributed by atoms with Gasteiger partial charge in [0.25, 0.3) is 15.9 Å². The minimum Gasteiger partial charge on any atom is -0.357 e. The second-order valence-electron chi connectivity index (χ2n) is 7.00. The standard InChI is InChI=1S/C21H22ClN3O5S/c1-3-17(20(27)23-2)24(12-14-8-10-15(22)11-9-14)19(26)13-25-21(28)16-6-4-5-7-18(16)31(25,29)30/h4-11,17H,3,12-13H2,1-2H3,(H,23,27)/t17-/m1/s1. The summed E-state index contributed by atoms with van der Waals surface area (Å²) in [4.78, 5) is 39.5. The van der Waals surface area contributed by atoms with Crippen LogP contribution >= 0.6 is 11.6 Å². The molecule has 1 atom stereocenters. The van der Waals surface area contributed by atoms with Crippen molar-refractivity contribution < 1.29 is 22.8 Å². The topological polar surface area (TPSA) is 104 Å². The van der Waals surface area contributed by atoms with Gasteiger partial charge in [-0.1, -0.05) is 42.8 Å². The molecule has 0 aromatic heterocycles. The number of likely N-dealkylation sites (N-methyl/N-ethyl adjacent to an activating group) is 1. The van der Waals surface area contributed by atoms with Gasteiger partial charge in [0.05, 0.1) is 5.56 Å². The first-order valence-corrected chi connectivity index (χ1v) is 11.4. The molecule has 164 valence electrons. The molecule has 10 heteroatoms. The first kappa shape index (κ1) is 22.8. The number of hydrogen-bond donors (Lipinski definition) is 1. The van der Waals surface area contributed by atoms with Gasteiger partial charge in [0.1, 0.15) is 17.5 Å². The Hall–Kier alpha value is -2.91. The van der Waals surface area contributed by atoms with E-state index in [2.05, 4.69) is 5.32 Å². The molecular weight excluding hydrogens is 442 g/mol. The van der Waals surface area contributed by atoms with Crippen LogP contribution in [0.4, 0.5) is 0 Å². The van der Waals surface area contributed by atoms with E-state index in [4.69, 9.17) is 11.6 Å². The first-order valence-electron chi connectivity index (χ1n) is 9.62. The van der Waals surface area contributed by atoms with E-state index < -0.39 is 34.4 Å². The van der Waals surface area contributed by atoms with E-state index in [0.717, 1.165) is 0 Å². The smallest absolute Gasteiger partial charge is 0.269 e. The zero-order valence-corrected chi connectivity index (χ0v) is 18.6. The lowest BCUT2D eigenvalue weighted by Gasteiger charge is -2.31. The van der Waals surface area contributed by atoms with Crippen molar-refractivity contribution in [2.75, 3.05) is 13.6 Å². The van der Waals surface area contributed by atoms with E-state index in [0.29, 0.717) is 21.3 Å². The maximum Gasteiger partial charge on any atom is 0.269 e. The number of sulfonamides is 1. The molecule has 0 fully saturated rings. The number of halogens is 1. The molecule has 2 aromatic rings. The molecule has 3 amide bonds. The maximum atomic E-state index is 13.2. The molecule has 0 saturated heterocycles. The summed E-state index contributed by atoms with van der Waals surface area (Å²) in [6.45, 7) is 1.10. The SMILES string of the molecule is CC[C@H](C(=O)NC)N(Cc1ccc(Cl)cc1)C(=O)CN1C(=O)c2ccccc2S1(=O)=O. The number of fused-ring (bicyclic) bond motifs is 1. The van der Waals surface area contributed by atoms with Crippen molar-refractivity contribution in [3.8, 4) is 0 Å². The summed E-state index contributed by atoms with van der Waals surface area (Å²) in [5.74, 6) is -1.80. The fourth-order valence-corrected chi connectivity index (χ4v) is 5.12. The van der Waals surface area contributed by atoms with E-state index in [-0.39, 0.29) is 22.9 Å². The molecule has 2 aromatic carbocycles. The van der Waals surface area contributed by atoms with Gasteiger partial charge in [-0.3, -0.25) is 14.4 Å². The van der Waals surface area contributed by atoms with Gasteiger partial charge in [0.15, 0.2) is 0 Å². The molecule has 3 rings (SSSR count). The van der Waals surface area contributed by atoms with Crippen LogP contribution in [0.5, 0.6) is 0 Å². The van der Waals surface area contributed by atoms with E-state index in [1.165, 1.54) is 30.1 Å². The highest BCUT2D eigenvalue weighted by Crippen LogP contribution is 2.30. The average molecular weight is 464 g/mol. The molecule has 0 saturated carbocycles. The minimum atomic E-state index is -4.14. The van der Waals surface area contributed by atoms with Crippen molar-refractivity contribution in [1.29, 1.82) is 0 Å². The summed E-state index contributed by atoms with van der Waals surface area (Å²) in [5, 5.41) is 3.05. The van der Waals surface area contributed by atoms with E-state index in [9.17, 15) is 22.8 Å². The summed E-state index contributed by atoms with van der Waals surface area (Å²) < 4.78 is 26.2. The predicted molar refractivity (Wildman–Crippen MR) is 115 cm³/mol. The third kappa shape index (κ3) is 4.42. The van der Waals surface area contributed by atoms with Gasteiger partial charge in [-0.15, -0.1) is 0 Å². The second-order valence-corrected chi connectivity index (χ2v) is 9.27. The summed E-state index contributed by atoms with van der Waals surface area (Å²) in [5.41, 5.74) is 0.733. The fourth-order valence-electron chi connectivity index (χ4n) is 3.47. The van der Waals surface area contributed by atoms with Crippen molar-refractivity contribution in [2.45, 2.75) is 30.8 Å². The molecule has 1 aliphatic rings. The van der Waals surface area contributed by atoms with Crippen LogP contribution in [0.25, 0.3) is 0 Å². The molecule has 8 nitrogen and oxygen atoms in total. The van der Waals surface area contributed by atoms with Crippen molar-refractivity contribution >= 4 is 39.3 Å². The Balaban J connectivity index is 1.92. The summed E-state index contributed by atoms with van der Waals surface area (Å²) in [6, 6.07) is 11.7. The quantitative estimate of drug-likeness (QED) is 0.676. The Morgan fingerprint density at radius 1 is 1.13 bits per heavy atom. The Morgan fingerprint density at radius 3 is 2.35 bits per heavy atom. The Morgan fingerprint density at radius 2 is 1.77 bits per heavy atom. The highest BCUT2D eigenvalue weighted by molar-refractivity contribution is 7.90. The number of hydrogen-bond acceptors (Lipinski definition) is 5. The van der Waals surface area contributed by atoms with Crippen LogP contribution in [-0.2, 0) is 26.2 Å². The summed E-state index contributed by atoms with van der Waals surface area (Å²) >= 11 is 5.92. The van der Waals surface area contributed by atoms with Crippen LogP contribution in [0.3, 0.4) is 0 Å². The molecule has 1 N–H and O–H groups in total. The first-order chi connectivity index (χ1) is 14.7. The number of rotatable bonds is 7. The normalized spacial score (nSPS) is 15.3. The molecule has 31 heavy (non-hydrogen) atoms. The number of benzene rings is 2. The van der Waals surface area contributed by atoms with Gasteiger partial charge in [-0.2, -0.15) is 0 Å². The maximum absolute atomic E-state index is 13.2. The van der Waals surface area contributed by atoms with E-state index in [1.807, 2.05) is 0 Å². The van der Waals surface area contributed by atoms with Crippen molar-refractivity contribution in [3.63, 3.8) is 0 Å². The molecule has 0 aliphatic carbocycles. The Bertz CT molecular complexity index is 1120. The van der Waals surface area contributed by atoms with Gasteiger partial charge in [0.2, 0.25) is 11.8 Å². The Labute approximate surface area is 185 Å². The van der Waals surface area contributed by atoms with Gasteiger partial charge in [-0.25, -0.2) is 12.7 Å². The third-order valence-electron chi connectivity index (χ3n) is 5.09.